The minimum atomic E-state index is -0.535. The van der Waals surface area contributed by atoms with E-state index in [0.29, 0.717) is 18.2 Å². The molecule has 0 spiro atoms. The summed E-state index contributed by atoms with van der Waals surface area (Å²) < 4.78 is 18.4. The van der Waals surface area contributed by atoms with Gasteiger partial charge in [0.25, 0.3) is 0 Å². The molecule has 23 heavy (non-hydrogen) atoms. The molecule has 1 aromatic carbocycles. The fourth-order valence-electron chi connectivity index (χ4n) is 1.85. The van der Waals surface area contributed by atoms with E-state index in [2.05, 4.69) is 10.3 Å². The van der Waals surface area contributed by atoms with Crippen molar-refractivity contribution in [2.24, 2.45) is 11.7 Å². The van der Waals surface area contributed by atoms with Gasteiger partial charge in [-0.3, -0.25) is 4.79 Å². The lowest BCUT2D eigenvalue weighted by Crippen LogP contribution is -2.43. The number of benzene rings is 1. The third-order valence-electron chi connectivity index (χ3n) is 3.32. The first-order chi connectivity index (χ1) is 11.0. The number of rotatable bonds is 6. The van der Waals surface area contributed by atoms with Gasteiger partial charge in [-0.05, 0) is 41.8 Å². The molecule has 122 valence electrons. The molecule has 0 aliphatic heterocycles. The van der Waals surface area contributed by atoms with Crippen molar-refractivity contribution in [3.8, 4) is 11.6 Å². The zero-order valence-electron chi connectivity index (χ0n) is 13.1. The highest BCUT2D eigenvalue weighted by Crippen LogP contribution is 2.20. The van der Waals surface area contributed by atoms with E-state index in [1.54, 1.807) is 18.3 Å². The number of nitrogens with one attached hydrogen (secondary N) is 1. The zero-order chi connectivity index (χ0) is 16.8. The van der Waals surface area contributed by atoms with Crippen LogP contribution in [0.25, 0.3) is 0 Å². The molecule has 3 N–H and O–H groups in total. The van der Waals surface area contributed by atoms with Gasteiger partial charge < -0.3 is 15.8 Å². The highest BCUT2D eigenvalue weighted by Gasteiger charge is 2.16. The molecule has 0 bridgehead atoms. The highest BCUT2D eigenvalue weighted by atomic mass is 19.1. The van der Waals surface area contributed by atoms with E-state index in [0.717, 1.165) is 5.56 Å². The number of carbonyl (C=O) groups excluding carboxylic acids is 1. The van der Waals surface area contributed by atoms with Crippen LogP contribution < -0.4 is 15.8 Å². The van der Waals surface area contributed by atoms with Crippen molar-refractivity contribution in [3.63, 3.8) is 0 Å². The van der Waals surface area contributed by atoms with Crippen LogP contribution in [0.5, 0.6) is 11.6 Å². The molecule has 5 nitrogen and oxygen atoms in total. The van der Waals surface area contributed by atoms with Gasteiger partial charge in [0.2, 0.25) is 11.8 Å². The summed E-state index contributed by atoms with van der Waals surface area (Å²) in [6.45, 7) is 4.12. The normalized spacial score (nSPS) is 12.0. The summed E-state index contributed by atoms with van der Waals surface area (Å²) in [4.78, 5) is 15.9. The lowest BCUT2D eigenvalue weighted by molar-refractivity contribution is -0.123. The van der Waals surface area contributed by atoms with Gasteiger partial charge in [0, 0.05) is 18.8 Å². The maximum Gasteiger partial charge on any atom is 0.237 e. The Balaban J connectivity index is 1.97. The molecule has 1 atom stereocenters. The summed E-state index contributed by atoms with van der Waals surface area (Å²) in [7, 11) is 0. The predicted octanol–water partition coefficient (Wildman–Crippen LogP) is 2.61. The van der Waals surface area contributed by atoms with Crippen LogP contribution in [0.2, 0.25) is 0 Å². The molecule has 0 fully saturated rings. The van der Waals surface area contributed by atoms with E-state index in [1.165, 1.54) is 24.3 Å². The van der Waals surface area contributed by atoms with E-state index in [1.807, 2.05) is 13.8 Å². The number of amides is 1. The first-order valence-corrected chi connectivity index (χ1v) is 7.37. The van der Waals surface area contributed by atoms with Crippen molar-refractivity contribution in [2.75, 3.05) is 0 Å². The van der Waals surface area contributed by atoms with Crippen molar-refractivity contribution in [3.05, 3.63) is 54.0 Å². The fraction of sp³-hybridized carbons (Fsp3) is 0.294. The van der Waals surface area contributed by atoms with Gasteiger partial charge in [-0.25, -0.2) is 9.37 Å². The summed E-state index contributed by atoms with van der Waals surface area (Å²) >= 11 is 0. The van der Waals surface area contributed by atoms with E-state index < -0.39 is 6.04 Å². The Morgan fingerprint density at radius 1 is 1.30 bits per heavy atom. The third-order valence-corrected chi connectivity index (χ3v) is 3.32. The van der Waals surface area contributed by atoms with Crippen LogP contribution in [0.1, 0.15) is 19.4 Å². The second-order valence-corrected chi connectivity index (χ2v) is 5.55. The van der Waals surface area contributed by atoms with Gasteiger partial charge in [-0.15, -0.1) is 0 Å². The fourth-order valence-corrected chi connectivity index (χ4v) is 1.85. The van der Waals surface area contributed by atoms with E-state index >= 15 is 0 Å². The molecule has 2 rings (SSSR count). The molecule has 1 amide bonds. The van der Waals surface area contributed by atoms with E-state index in [4.69, 9.17) is 10.5 Å². The highest BCUT2D eigenvalue weighted by molar-refractivity contribution is 5.81. The van der Waals surface area contributed by atoms with Crippen molar-refractivity contribution in [1.82, 2.24) is 10.3 Å². The molecule has 6 heteroatoms. The number of ether oxygens (including phenoxy) is 1. The number of hydrogen-bond acceptors (Lipinski definition) is 4. The van der Waals surface area contributed by atoms with Crippen molar-refractivity contribution < 1.29 is 13.9 Å². The molecule has 1 aromatic heterocycles. The summed E-state index contributed by atoms with van der Waals surface area (Å²) in [5, 5.41) is 2.78. The smallest absolute Gasteiger partial charge is 0.237 e. The van der Waals surface area contributed by atoms with E-state index in [9.17, 15) is 9.18 Å². The lowest BCUT2D eigenvalue weighted by Gasteiger charge is -2.15. The molecule has 0 aliphatic carbocycles. The molecule has 0 unspecified atom stereocenters. The Hall–Kier alpha value is -2.47. The van der Waals surface area contributed by atoms with Crippen molar-refractivity contribution in [1.29, 1.82) is 0 Å². The average molecular weight is 317 g/mol. The van der Waals surface area contributed by atoms with Gasteiger partial charge in [-0.1, -0.05) is 13.8 Å². The number of nitrogens with two attached hydrogens (primary N) is 1. The number of pyridine rings is 1. The number of halogens is 1. The standard InChI is InChI=1S/C17H20FN3O2/c1-11(2)16(19)17(22)21-10-12-7-8-20-15(9-12)23-14-5-3-13(18)4-6-14/h3-9,11,16H,10,19H2,1-2H3,(H,21,22)/t16-/m0/s1. The van der Waals surface area contributed by atoms with Gasteiger partial charge in [-0.2, -0.15) is 0 Å². The first kappa shape index (κ1) is 16.9. The number of hydrogen-bond donors (Lipinski definition) is 2. The summed E-state index contributed by atoms with van der Waals surface area (Å²) in [5.74, 6) is 0.407. The Bertz CT molecular complexity index is 659. The Morgan fingerprint density at radius 3 is 2.65 bits per heavy atom. The van der Waals surface area contributed by atoms with Gasteiger partial charge in [0.15, 0.2) is 0 Å². The first-order valence-electron chi connectivity index (χ1n) is 7.37. The lowest BCUT2D eigenvalue weighted by atomic mass is 10.1. The topological polar surface area (TPSA) is 77.2 Å². The molecule has 0 saturated carbocycles. The molecule has 0 aliphatic rings. The third kappa shape index (κ3) is 5.03. The van der Waals surface area contributed by atoms with Crippen LogP contribution in [-0.4, -0.2) is 16.9 Å². The second kappa shape index (κ2) is 7.69. The Morgan fingerprint density at radius 2 is 2.00 bits per heavy atom. The van der Waals surface area contributed by atoms with Crippen LogP contribution >= 0.6 is 0 Å². The van der Waals surface area contributed by atoms with Gasteiger partial charge in [0.05, 0.1) is 6.04 Å². The molecular formula is C17H20FN3O2. The van der Waals surface area contributed by atoms with Crippen LogP contribution in [0.4, 0.5) is 4.39 Å². The quantitative estimate of drug-likeness (QED) is 0.858. The van der Waals surface area contributed by atoms with Crippen LogP contribution in [0.15, 0.2) is 42.6 Å². The van der Waals surface area contributed by atoms with Crippen LogP contribution in [-0.2, 0) is 11.3 Å². The van der Waals surface area contributed by atoms with Crippen LogP contribution in [0, 0.1) is 11.7 Å². The monoisotopic (exact) mass is 317 g/mol. The van der Waals surface area contributed by atoms with Gasteiger partial charge in [0.1, 0.15) is 11.6 Å². The summed E-state index contributed by atoms with van der Waals surface area (Å²) in [5.41, 5.74) is 6.62. The number of nitrogens with zero attached hydrogens (tertiary/aromatic N) is 1. The van der Waals surface area contributed by atoms with E-state index in [-0.39, 0.29) is 17.6 Å². The Kier molecular flexibility index (Phi) is 5.65. The minimum Gasteiger partial charge on any atom is -0.439 e. The molecule has 1 heterocycles. The summed E-state index contributed by atoms with van der Waals surface area (Å²) in [6, 6.07) is 8.62. The largest absolute Gasteiger partial charge is 0.439 e. The zero-order valence-corrected chi connectivity index (χ0v) is 13.1. The number of aromatic nitrogens is 1. The molecular weight excluding hydrogens is 297 g/mol. The maximum absolute atomic E-state index is 12.9. The van der Waals surface area contributed by atoms with Crippen LogP contribution in [0.3, 0.4) is 0 Å². The predicted molar refractivity (Wildman–Crippen MR) is 85.4 cm³/mol. The molecule has 0 saturated heterocycles. The maximum atomic E-state index is 12.9. The van der Waals surface area contributed by atoms with Crippen molar-refractivity contribution in [2.45, 2.75) is 26.4 Å². The minimum absolute atomic E-state index is 0.0739. The second-order valence-electron chi connectivity index (χ2n) is 5.55. The number of carbonyl (C=O) groups is 1. The van der Waals surface area contributed by atoms with Crippen molar-refractivity contribution >= 4 is 5.91 Å². The Labute approximate surface area is 134 Å². The summed E-state index contributed by atoms with van der Waals surface area (Å²) in [6.07, 6.45) is 1.59. The molecule has 0 radical (unpaired) electrons. The average Bonchev–Trinajstić information content (AvgIpc) is 2.54. The van der Waals surface area contributed by atoms with Gasteiger partial charge >= 0.3 is 0 Å². The molecule has 2 aromatic rings. The SMILES string of the molecule is CC(C)[C@H](N)C(=O)NCc1ccnc(Oc2ccc(F)cc2)c1.